The number of hydrogen-bond donors (Lipinski definition) is 1. The molecule has 0 atom stereocenters. The van der Waals surface area contributed by atoms with Crippen LogP contribution >= 0.6 is 0 Å². The Morgan fingerprint density at radius 2 is 2.05 bits per heavy atom. The highest BCUT2D eigenvalue weighted by atomic mass is 19.1. The molecule has 1 N–H and O–H groups in total. The Hall–Kier alpha value is -2.47. The summed E-state index contributed by atoms with van der Waals surface area (Å²) in [6.45, 7) is 2.02. The molecule has 2 aromatic rings. The molecule has 0 saturated carbocycles. The van der Waals surface area contributed by atoms with Crippen molar-refractivity contribution in [1.82, 2.24) is 5.32 Å². The highest BCUT2D eigenvalue weighted by Gasteiger charge is 2.18. The van der Waals surface area contributed by atoms with Gasteiger partial charge in [-0.15, -0.1) is 0 Å². The largest absolute Gasteiger partial charge is 0.450 e. The second-order valence-electron chi connectivity index (χ2n) is 4.58. The summed E-state index contributed by atoms with van der Waals surface area (Å²) >= 11 is 0. The summed E-state index contributed by atoms with van der Waals surface area (Å²) in [7, 11) is 1.69. The van der Waals surface area contributed by atoms with E-state index in [-0.39, 0.29) is 23.7 Å². The van der Waals surface area contributed by atoms with Crippen LogP contribution in [0.1, 0.15) is 11.1 Å². The van der Waals surface area contributed by atoms with Gasteiger partial charge in [-0.1, -0.05) is 12.1 Å². The van der Waals surface area contributed by atoms with E-state index in [4.69, 9.17) is 4.74 Å². The van der Waals surface area contributed by atoms with Gasteiger partial charge < -0.3 is 10.1 Å². The van der Waals surface area contributed by atoms with Gasteiger partial charge in [0, 0.05) is 18.2 Å². The third-order valence-corrected chi connectivity index (χ3v) is 2.96. The number of halogens is 1. The van der Waals surface area contributed by atoms with Gasteiger partial charge in [0.05, 0.1) is 4.92 Å². The van der Waals surface area contributed by atoms with Gasteiger partial charge in [-0.05, 0) is 37.7 Å². The van der Waals surface area contributed by atoms with Crippen LogP contribution in [0.5, 0.6) is 11.5 Å². The van der Waals surface area contributed by atoms with E-state index >= 15 is 0 Å². The molecule has 0 saturated heterocycles. The maximum absolute atomic E-state index is 13.8. The SMILES string of the molecule is CNCc1c(F)cccc1Oc1ccc(C)cc1[N+](=O)[O-]. The second kappa shape index (κ2) is 6.32. The standard InChI is InChI=1S/C15H15FN2O3/c1-10-6-7-15(13(8-10)18(19)20)21-14-5-3-4-12(16)11(14)9-17-2/h3-8,17H,9H2,1-2H3. The van der Waals surface area contributed by atoms with Gasteiger partial charge >= 0.3 is 5.69 Å². The van der Waals surface area contributed by atoms with Crippen LogP contribution in [0.2, 0.25) is 0 Å². The number of hydrogen-bond acceptors (Lipinski definition) is 4. The Labute approximate surface area is 121 Å². The number of nitro groups is 1. The summed E-state index contributed by atoms with van der Waals surface area (Å²) in [6, 6.07) is 9.06. The molecule has 0 fully saturated rings. The van der Waals surface area contributed by atoms with E-state index in [1.807, 2.05) is 0 Å². The molecule has 5 nitrogen and oxygen atoms in total. The number of nitrogens with one attached hydrogen (secondary N) is 1. The maximum atomic E-state index is 13.8. The lowest BCUT2D eigenvalue weighted by atomic mass is 10.1. The minimum atomic E-state index is -0.515. The van der Waals surface area contributed by atoms with Crippen LogP contribution in [0.25, 0.3) is 0 Å². The number of nitro benzene ring substituents is 1. The minimum absolute atomic E-state index is 0.0913. The van der Waals surface area contributed by atoms with Crippen LogP contribution < -0.4 is 10.1 Å². The van der Waals surface area contributed by atoms with E-state index in [9.17, 15) is 14.5 Å². The van der Waals surface area contributed by atoms with Crippen molar-refractivity contribution in [2.45, 2.75) is 13.5 Å². The lowest BCUT2D eigenvalue weighted by Gasteiger charge is -2.12. The first-order valence-corrected chi connectivity index (χ1v) is 6.38. The zero-order valence-corrected chi connectivity index (χ0v) is 11.7. The average molecular weight is 290 g/mol. The average Bonchev–Trinajstić information content (AvgIpc) is 2.44. The molecule has 0 unspecified atom stereocenters. The van der Waals surface area contributed by atoms with Crippen LogP contribution in [0.15, 0.2) is 36.4 Å². The Morgan fingerprint density at radius 3 is 2.71 bits per heavy atom. The number of aryl methyl sites for hydroxylation is 1. The van der Waals surface area contributed by atoms with Gasteiger partial charge in [-0.2, -0.15) is 0 Å². The lowest BCUT2D eigenvalue weighted by molar-refractivity contribution is -0.385. The highest BCUT2D eigenvalue weighted by molar-refractivity contribution is 5.51. The summed E-state index contributed by atoms with van der Waals surface area (Å²) < 4.78 is 19.4. The maximum Gasteiger partial charge on any atom is 0.311 e. The molecule has 0 aliphatic heterocycles. The Balaban J connectivity index is 2.43. The van der Waals surface area contributed by atoms with Crippen LogP contribution in [0.4, 0.5) is 10.1 Å². The van der Waals surface area contributed by atoms with Gasteiger partial charge in [-0.25, -0.2) is 4.39 Å². The van der Waals surface area contributed by atoms with E-state index in [1.54, 1.807) is 26.1 Å². The number of benzene rings is 2. The first kappa shape index (κ1) is 14.9. The van der Waals surface area contributed by atoms with Crippen LogP contribution in [-0.4, -0.2) is 12.0 Å². The summed E-state index contributed by atoms with van der Waals surface area (Å²) in [5.74, 6) is -0.0681. The Bertz CT molecular complexity index is 674. The van der Waals surface area contributed by atoms with Crippen molar-refractivity contribution in [2.75, 3.05) is 7.05 Å². The summed E-state index contributed by atoms with van der Waals surface area (Å²) in [6.07, 6.45) is 0. The van der Waals surface area contributed by atoms with Crippen molar-refractivity contribution in [3.05, 3.63) is 63.5 Å². The molecule has 2 aromatic carbocycles. The molecule has 0 amide bonds. The van der Waals surface area contributed by atoms with Gasteiger partial charge in [-0.3, -0.25) is 10.1 Å². The van der Waals surface area contributed by atoms with Gasteiger partial charge in [0.1, 0.15) is 11.6 Å². The first-order valence-electron chi connectivity index (χ1n) is 6.38. The number of ether oxygens (including phenoxy) is 1. The van der Waals surface area contributed by atoms with Gasteiger partial charge in [0.15, 0.2) is 0 Å². The molecule has 21 heavy (non-hydrogen) atoms. The number of nitrogens with zero attached hydrogens (tertiary/aromatic N) is 1. The predicted molar refractivity (Wildman–Crippen MR) is 77.1 cm³/mol. The summed E-state index contributed by atoms with van der Waals surface area (Å²) in [4.78, 5) is 10.6. The van der Waals surface area contributed by atoms with Crippen LogP contribution in [0, 0.1) is 22.9 Å². The van der Waals surface area contributed by atoms with Crippen molar-refractivity contribution < 1.29 is 14.1 Å². The molecule has 6 heteroatoms. The van der Waals surface area contributed by atoms with Crippen LogP contribution in [0.3, 0.4) is 0 Å². The topological polar surface area (TPSA) is 64.4 Å². The fraction of sp³-hybridized carbons (Fsp3) is 0.200. The molecular formula is C15H15FN2O3. The summed E-state index contributed by atoms with van der Waals surface area (Å²) in [5, 5.41) is 13.9. The Morgan fingerprint density at radius 1 is 1.29 bits per heavy atom. The molecule has 0 spiro atoms. The van der Waals surface area contributed by atoms with E-state index < -0.39 is 10.7 Å². The zero-order chi connectivity index (χ0) is 15.4. The number of rotatable bonds is 5. The smallest absolute Gasteiger partial charge is 0.311 e. The van der Waals surface area contributed by atoms with E-state index in [2.05, 4.69) is 5.32 Å². The molecule has 0 bridgehead atoms. The van der Waals surface area contributed by atoms with E-state index in [0.717, 1.165) is 5.56 Å². The van der Waals surface area contributed by atoms with Gasteiger partial charge in [0.25, 0.3) is 0 Å². The normalized spacial score (nSPS) is 10.4. The first-order chi connectivity index (χ1) is 10.0. The predicted octanol–water partition coefficient (Wildman–Crippen LogP) is 3.55. The molecule has 0 aliphatic rings. The Kier molecular flexibility index (Phi) is 4.49. The van der Waals surface area contributed by atoms with E-state index in [0.29, 0.717) is 5.56 Å². The molecular weight excluding hydrogens is 275 g/mol. The minimum Gasteiger partial charge on any atom is -0.450 e. The fourth-order valence-electron chi connectivity index (χ4n) is 1.96. The quantitative estimate of drug-likeness (QED) is 0.675. The fourth-order valence-corrected chi connectivity index (χ4v) is 1.96. The second-order valence-corrected chi connectivity index (χ2v) is 4.58. The highest BCUT2D eigenvalue weighted by Crippen LogP contribution is 2.34. The van der Waals surface area contributed by atoms with Crippen molar-refractivity contribution in [3.63, 3.8) is 0 Å². The molecule has 0 aliphatic carbocycles. The monoisotopic (exact) mass is 290 g/mol. The lowest BCUT2D eigenvalue weighted by Crippen LogP contribution is -2.08. The third kappa shape index (κ3) is 3.35. The van der Waals surface area contributed by atoms with Gasteiger partial charge in [0.2, 0.25) is 5.75 Å². The molecule has 110 valence electrons. The molecule has 0 radical (unpaired) electrons. The zero-order valence-electron chi connectivity index (χ0n) is 11.7. The third-order valence-electron chi connectivity index (χ3n) is 2.96. The van der Waals surface area contributed by atoms with Crippen molar-refractivity contribution >= 4 is 5.69 Å². The van der Waals surface area contributed by atoms with Crippen LogP contribution in [-0.2, 0) is 6.54 Å². The summed E-state index contributed by atoms with van der Waals surface area (Å²) in [5.41, 5.74) is 0.938. The van der Waals surface area contributed by atoms with Crippen molar-refractivity contribution in [2.24, 2.45) is 0 Å². The molecule has 2 rings (SSSR count). The van der Waals surface area contributed by atoms with Crippen molar-refractivity contribution in [3.8, 4) is 11.5 Å². The van der Waals surface area contributed by atoms with Crippen molar-refractivity contribution in [1.29, 1.82) is 0 Å². The molecule has 0 aromatic heterocycles. The van der Waals surface area contributed by atoms with E-state index in [1.165, 1.54) is 24.3 Å². The molecule has 0 heterocycles.